The third kappa shape index (κ3) is 3.15. The van der Waals surface area contributed by atoms with E-state index in [2.05, 4.69) is 46.3 Å². The van der Waals surface area contributed by atoms with Crippen molar-refractivity contribution in [3.8, 4) is 17.2 Å². The number of hydrogen-bond acceptors (Lipinski definition) is 5. The lowest BCUT2D eigenvalue weighted by molar-refractivity contribution is 0.167. The number of aromatic nitrogens is 2. The van der Waals surface area contributed by atoms with E-state index in [9.17, 15) is 0 Å². The Morgan fingerprint density at radius 3 is 2.56 bits per heavy atom. The van der Waals surface area contributed by atoms with E-state index in [1.807, 2.05) is 24.3 Å². The first-order chi connectivity index (χ1) is 12.2. The van der Waals surface area contributed by atoms with Crippen LogP contribution in [0.4, 0.5) is 0 Å². The number of hydrogen-bond donors (Lipinski definition) is 0. The van der Waals surface area contributed by atoms with Crippen molar-refractivity contribution in [2.45, 2.75) is 25.9 Å². The van der Waals surface area contributed by atoms with Crippen molar-refractivity contribution in [1.82, 2.24) is 15.1 Å². The molecule has 0 radical (unpaired) electrons. The van der Waals surface area contributed by atoms with E-state index < -0.39 is 0 Å². The lowest BCUT2D eigenvalue weighted by atomic mass is 9.99. The molecule has 0 unspecified atom stereocenters. The smallest absolute Gasteiger partial charge is 0.247 e. The quantitative estimate of drug-likeness (QED) is 0.724. The average Bonchev–Trinajstić information content (AvgIpc) is 3.17. The van der Waals surface area contributed by atoms with Gasteiger partial charge in [0.15, 0.2) is 0 Å². The molecule has 4 rings (SSSR count). The van der Waals surface area contributed by atoms with Gasteiger partial charge in [-0.05, 0) is 48.7 Å². The molecule has 1 aliphatic heterocycles. The minimum atomic E-state index is 0.0906. The van der Waals surface area contributed by atoms with Crippen LogP contribution in [-0.4, -0.2) is 28.8 Å². The van der Waals surface area contributed by atoms with Crippen LogP contribution in [-0.2, 0) is 13.0 Å². The van der Waals surface area contributed by atoms with Crippen molar-refractivity contribution < 1.29 is 9.15 Å². The molecular formula is C20H21N3O2. The summed E-state index contributed by atoms with van der Waals surface area (Å²) < 4.78 is 11.1. The Labute approximate surface area is 147 Å². The summed E-state index contributed by atoms with van der Waals surface area (Å²) >= 11 is 0. The number of fused-ring (bicyclic) bond motifs is 1. The van der Waals surface area contributed by atoms with Crippen molar-refractivity contribution in [3.63, 3.8) is 0 Å². The topological polar surface area (TPSA) is 51.4 Å². The number of nitrogens with zero attached hydrogens (tertiary/aromatic N) is 3. The Bertz CT molecular complexity index is 857. The van der Waals surface area contributed by atoms with Crippen molar-refractivity contribution in [3.05, 3.63) is 65.5 Å². The molecule has 0 fully saturated rings. The molecule has 0 spiro atoms. The van der Waals surface area contributed by atoms with Gasteiger partial charge < -0.3 is 9.15 Å². The van der Waals surface area contributed by atoms with E-state index in [0.29, 0.717) is 11.8 Å². The standard InChI is InChI=1S/C20H21N3O2/c1-14(23-12-11-15-5-3-4-6-17(15)13-23)19-21-22-20(25-19)16-7-9-18(24-2)10-8-16/h3-10,14H,11-13H2,1-2H3/t14-/m0/s1. The minimum absolute atomic E-state index is 0.0906. The van der Waals surface area contributed by atoms with Crippen LogP contribution in [0, 0.1) is 0 Å². The van der Waals surface area contributed by atoms with Gasteiger partial charge in [0, 0.05) is 18.7 Å². The summed E-state index contributed by atoms with van der Waals surface area (Å²) in [7, 11) is 1.65. The van der Waals surface area contributed by atoms with Gasteiger partial charge >= 0.3 is 0 Å². The maximum Gasteiger partial charge on any atom is 0.247 e. The molecule has 0 bridgehead atoms. The zero-order valence-electron chi connectivity index (χ0n) is 14.5. The molecule has 0 aliphatic carbocycles. The highest BCUT2D eigenvalue weighted by Gasteiger charge is 2.25. The molecule has 0 N–H and O–H groups in total. The van der Waals surface area contributed by atoms with Crippen LogP contribution in [0.25, 0.3) is 11.5 Å². The van der Waals surface area contributed by atoms with Gasteiger partial charge in [0.1, 0.15) is 5.75 Å². The first-order valence-corrected chi connectivity index (χ1v) is 8.53. The number of methoxy groups -OCH3 is 1. The lowest BCUT2D eigenvalue weighted by Gasteiger charge is -2.31. The molecule has 0 saturated heterocycles. The Morgan fingerprint density at radius 2 is 1.80 bits per heavy atom. The van der Waals surface area contributed by atoms with Crippen LogP contribution in [0.15, 0.2) is 52.9 Å². The van der Waals surface area contributed by atoms with Crippen molar-refractivity contribution >= 4 is 0 Å². The molecule has 2 aromatic carbocycles. The highest BCUT2D eigenvalue weighted by molar-refractivity contribution is 5.54. The Kier molecular flexibility index (Phi) is 4.24. The van der Waals surface area contributed by atoms with Gasteiger partial charge in [-0.2, -0.15) is 0 Å². The molecule has 3 aromatic rings. The maximum atomic E-state index is 5.94. The normalized spacial score (nSPS) is 15.6. The largest absolute Gasteiger partial charge is 0.497 e. The number of ether oxygens (including phenoxy) is 1. The molecule has 1 aliphatic rings. The summed E-state index contributed by atoms with van der Waals surface area (Å²) in [5.41, 5.74) is 3.72. The molecular weight excluding hydrogens is 314 g/mol. The van der Waals surface area contributed by atoms with Crippen LogP contribution in [0.2, 0.25) is 0 Å². The Hall–Kier alpha value is -2.66. The summed E-state index contributed by atoms with van der Waals surface area (Å²) in [6.07, 6.45) is 1.06. The third-order valence-corrected chi connectivity index (χ3v) is 4.84. The summed E-state index contributed by atoms with van der Waals surface area (Å²) in [6, 6.07) is 16.4. The summed E-state index contributed by atoms with van der Waals surface area (Å²) in [6.45, 7) is 4.04. The molecule has 5 nitrogen and oxygen atoms in total. The van der Waals surface area contributed by atoms with Gasteiger partial charge in [-0.25, -0.2) is 0 Å². The summed E-state index contributed by atoms with van der Waals surface area (Å²) in [5.74, 6) is 2.01. The highest BCUT2D eigenvalue weighted by Crippen LogP contribution is 2.29. The van der Waals surface area contributed by atoms with Crippen LogP contribution in [0.1, 0.15) is 30.0 Å². The number of benzene rings is 2. The fourth-order valence-electron chi connectivity index (χ4n) is 3.26. The van der Waals surface area contributed by atoms with Gasteiger partial charge in [0.2, 0.25) is 11.8 Å². The molecule has 1 atom stereocenters. The SMILES string of the molecule is COc1ccc(-c2nnc([C@H](C)N3CCc4ccccc4C3)o2)cc1. The van der Waals surface area contributed by atoms with E-state index in [0.717, 1.165) is 30.8 Å². The van der Waals surface area contributed by atoms with Gasteiger partial charge in [-0.1, -0.05) is 24.3 Å². The van der Waals surface area contributed by atoms with E-state index in [4.69, 9.17) is 9.15 Å². The van der Waals surface area contributed by atoms with Gasteiger partial charge in [-0.3, -0.25) is 4.90 Å². The fourth-order valence-corrected chi connectivity index (χ4v) is 3.26. The molecule has 2 heterocycles. The molecule has 1 aromatic heterocycles. The molecule has 128 valence electrons. The van der Waals surface area contributed by atoms with E-state index in [-0.39, 0.29) is 6.04 Å². The second-order valence-corrected chi connectivity index (χ2v) is 6.34. The van der Waals surface area contributed by atoms with E-state index in [1.54, 1.807) is 7.11 Å². The van der Waals surface area contributed by atoms with Crippen molar-refractivity contribution in [1.29, 1.82) is 0 Å². The third-order valence-electron chi connectivity index (χ3n) is 4.84. The maximum absolute atomic E-state index is 5.94. The molecule has 5 heteroatoms. The highest BCUT2D eigenvalue weighted by atomic mass is 16.5. The predicted molar refractivity (Wildman–Crippen MR) is 95.3 cm³/mol. The molecule has 0 amide bonds. The van der Waals surface area contributed by atoms with Crippen molar-refractivity contribution in [2.75, 3.05) is 13.7 Å². The minimum Gasteiger partial charge on any atom is -0.497 e. The zero-order chi connectivity index (χ0) is 17.2. The van der Waals surface area contributed by atoms with Gasteiger partial charge in [0.05, 0.1) is 13.2 Å². The Balaban J connectivity index is 1.51. The van der Waals surface area contributed by atoms with E-state index in [1.165, 1.54) is 11.1 Å². The van der Waals surface area contributed by atoms with Gasteiger partial charge in [-0.15, -0.1) is 10.2 Å². The van der Waals surface area contributed by atoms with Crippen molar-refractivity contribution in [2.24, 2.45) is 0 Å². The van der Waals surface area contributed by atoms with Crippen LogP contribution >= 0.6 is 0 Å². The van der Waals surface area contributed by atoms with Crippen LogP contribution < -0.4 is 4.74 Å². The Morgan fingerprint density at radius 1 is 1.04 bits per heavy atom. The predicted octanol–water partition coefficient (Wildman–Crippen LogP) is 3.86. The van der Waals surface area contributed by atoms with Crippen LogP contribution in [0.5, 0.6) is 5.75 Å². The fraction of sp³-hybridized carbons (Fsp3) is 0.300. The number of rotatable bonds is 4. The first-order valence-electron chi connectivity index (χ1n) is 8.53. The molecule has 0 saturated carbocycles. The second-order valence-electron chi connectivity index (χ2n) is 6.34. The second kappa shape index (κ2) is 6.69. The van der Waals surface area contributed by atoms with Gasteiger partial charge in [0.25, 0.3) is 0 Å². The average molecular weight is 335 g/mol. The summed E-state index contributed by atoms with van der Waals surface area (Å²) in [5, 5.41) is 8.49. The zero-order valence-corrected chi connectivity index (χ0v) is 14.5. The van der Waals surface area contributed by atoms with E-state index >= 15 is 0 Å². The van der Waals surface area contributed by atoms with Crippen LogP contribution in [0.3, 0.4) is 0 Å². The summed E-state index contributed by atoms with van der Waals surface area (Å²) in [4.78, 5) is 2.38. The first kappa shape index (κ1) is 15.8. The molecule has 25 heavy (non-hydrogen) atoms. The monoisotopic (exact) mass is 335 g/mol. The lowest BCUT2D eigenvalue weighted by Crippen LogP contribution is -2.33.